The molecule has 0 amide bonds. The Bertz CT molecular complexity index is 421. The van der Waals surface area contributed by atoms with Gasteiger partial charge in [-0.3, -0.25) is 0 Å². The fraction of sp³-hybridized carbons (Fsp3) is 0.200. The average Bonchev–Trinajstić information content (AvgIpc) is 2.19. The lowest BCUT2D eigenvalue weighted by Gasteiger charge is -2.04. The number of esters is 1. The van der Waals surface area contributed by atoms with E-state index in [1.807, 2.05) is 22.6 Å². The van der Waals surface area contributed by atoms with Gasteiger partial charge in [0.2, 0.25) is 0 Å². The lowest BCUT2D eigenvalue weighted by atomic mass is 10.1. The number of ether oxygens (including phenoxy) is 1. The van der Waals surface area contributed by atoms with Crippen molar-refractivity contribution in [2.75, 3.05) is 7.11 Å². The molecule has 0 aliphatic rings. The zero-order valence-electron chi connectivity index (χ0n) is 7.80. The lowest BCUT2D eigenvalue weighted by Crippen LogP contribution is -2.05. The molecule has 72 valence electrons. The largest absolute Gasteiger partial charge is 0.465 e. The van der Waals surface area contributed by atoms with Crippen LogP contribution >= 0.6 is 22.6 Å². The second-order valence-corrected chi connectivity index (χ2v) is 3.91. The molecule has 1 aromatic carbocycles. The summed E-state index contributed by atoms with van der Waals surface area (Å²) in [6.45, 7) is 1.79. The molecule has 0 unspecified atom stereocenters. The number of carbonyl (C=O) groups excluding carboxylic acids is 1. The van der Waals surface area contributed by atoms with Gasteiger partial charge in [-0.05, 0) is 47.2 Å². The van der Waals surface area contributed by atoms with E-state index in [2.05, 4.69) is 10.8 Å². The summed E-state index contributed by atoms with van der Waals surface area (Å²) in [5.74, 6) is -0.373. The van der Waals surface area contributed by atoms with Crippen molar-refractivity contribution >= 4 is 28.6 Å². The van der Waals surface area contributed by atoms with Gasteiger partial charge in [0.25, 0.3) is 0 Å². The van der Waals surface area contributed by atoms with E-state index in [1.54, 1.807) is 19.1 Å². The van der Waals surface area contributed by atoms with Crippen molar-refractivity contribution in [3.8, 4) is 6.07 Å². The second kappa shape index (κ2) is 4.42. The van der Waals surface area contributed by atoms with Crippen molar-refractivity contribution in [3.63, 3.8) is 0 Å². The van der Waals surface area contributed by atoms with Gasteiger partial charge in [-0.15, -0.1) is 0 Å². The monoisotopic (exact) mass is 301 g/mol. The molecule has 4 heteroatoms. The molecule has 0 bridgehead atoms. The summed E-state index contributed by atoms with van der Waals surface area (Å²) in [4.78, 5) is 11.3. The highest BCUT2D eigenvalue weighted by atomic mass is 127. The quantitative estimate of drug-likeness (QED) is 0.590. The van der Waals surface area contributed by atoms with Gasteiger partial charge < -0.3 is 4.74 Å². The third-order valence-electron chi connectivity index (χ3n) is 1.84. The van der Waals surface area contributed by atoms with Crippen molar-refractivity contribution in [2.24, 2.45) is 0 Å². The van der Waals surface area contributed by atoms with Gasteiger partial charge in [-0.25, -0.2) is 4.79 Å². The summed E-state index contributed by atoms with van der Waals surface area (Å²) in [7, 11) is 1.34. The third kappa shape index (κ3) is 2.04. The maximum atomic E-state index is 11.3. The van der Waals surface area contributed by atoms with Crippen LogP contribution in [-0.2, 0) is 4.74 Å². The first kappa shape index (κ1) is 11.0. The predicted octanol–water partition coefficient (Wildman–Crippen LogP) is 2.26. The molecule has 0 saturated heterocycles. The van der Waals surface area contributed by atoms with Gasteiger partial charge in [0.1, 0.15) is 0 Å². The normalized spacial score (nSPS) is 9.29. The summed E-state index contributed by atoms with van der Waals surface area (Å²) < 4.78 is 5.35. The zero-order valence-corrected chi connectivity index (χ0v) is 9.95. The van der Waals surface area contributed by atoms with Gasteiger partial charge in [0.15, 0.2) is 0 Å². The Labute approximate surface area is 95.8 Å². The molecule has 1 rings (SSSR count). The first-order valence-electron chi connectivity index (χ1n) is 3.88. The van der Waals surface area contributed by atoms with Crippen LogP contribution in [0.5, 0.6) is 0 Å². The summed E-state index contributed by atoms with van der Waals surface area (Å²) >= 11 is 2.01. The number of halogens is 1. The Balaban J connectivity index is 3.30. The van der Waals surface area contributed by atoms with E-state index in [1.165, 1.54) is 7.11 Å². The highest BCUT2D eigenvalue weighted by Gasteiger charge is 2.12. The summed E-state index contributed by atoms with van der Waals surface area (Å²) in [5.41, 5.74) is 1.87. The summed E-state index contributed by atoms with van der Waals surface area (Å²) in [6.07, 6.45) is 0. The lowest BCUT2D eigenvalue weighted by molar-refractivity contribution is 0.0599. The van der Waals surface area contributed by atoms with Crippen molar-refractivity contribution < 1.29 is 9.53 Å². The highest BCUT2D eigenvalue weighted by Crippen LogP contribution is 2.18. The fourth-order valence-corrected chi connectivity index (χ4v) is 1.76. The fourth-order valence-electron chi connectivity index (χ4n) is 1.07. The van der Waals surface area contributed by atoms with Gasteiger partial charge in [0, 0.05) is 3.57 Å². The standard InChI is InChI=1S/C10H8INO2/c1-6-3-8(10(13)14-2)9(11)4-7(6)5-12/h3-4H,1-2H3. The zero-order chi connectivity index (χ0) is 10.7. The van der Waals surface area contributed by atoms with Crippen molar-refractivity contribution in [1.82, 2.24) is 0 Å². The molecule has 0 atom stereocenters. The number of nitriles is 1. The highest BCUT2D eigenvalue weighted by molar-refractivity contribution is 14.1. The van der Waals surface area contributed by atoms with Crippen LogP contribution in [0.25, 0.3) is 0 Å². The molecule has 1 aromatic rings. The smallest absolute Gasteiger partial charge is 0.338 e. The molecule has 0 heterocycles. The molecule has 3 nitrogen and oxygen atoms in total. The van der Waals surface area contributed by atoms with Gasteiger partial charge in [0.05, 0.1) is 24.3 Å². The van der Waals surface area contributed by atoms with E-state index >= 15 is 0 Å². The van der Waals surface area contributed by atoms with E-state index < -0.39 is 0 Å². The van der Waals surface area contributed by atoms with Crippen LogP contribution in [-0.4, -0.2) is 13.1 Å². The number of hydrogen-bond acceptors (Lipinski definition) is 3. The van der Waals surface area contributed by atoms with E-state index in [0.717, 1.165) is 9.13 Å². The van der Waals surface area contributed by atoms with Crippen LogP contribution in [0.15, 0.2) is 12.1 Å². The molecule has 14 heavy (non-hydrogen) atoms. The molecule has 0 aliphatic carbocycles. The number of hydrogen-bond donors (Lipinski definition) is 0. The van der Waals surface area contributed by atoms with Gasteiger partial charge in [-0.2, -0.15) is 5.26 Å². The minimum Gasteiger partial charge on any atom is -0.465 e. The van der Waals surface area contributed by atoms with Crippen LogP contribution in [0.1, 0.15) is 21.5 Å². The molecule has 0 N–H and O–H groups in total. The Morgan fingerprint density at radius 1 is 1.57 bits per heavy atom. The van der Waals surface area contributed by atoms with Crippen LogP contribution in [0, 0.1) is 21.8 Å². The van der Waals surface area contributed by atoms with Crippen LogP contribution < -0.4 is 0 Å². The average molecular weight is 301 g/mol. The maximum absolute atomic E-state index is 11.3. The predicted molar refractivity (Wildman–Crippen MR) is 60.0 cm³/mol. The summed E-state index contributed by atoms with van der Waals surface area (Å²) in [5, 5.41) is 8.76. The Morgan fingerprint density at radius 2 is 2.21 bits per heavy atom. The molecule has 0 radical (unpaired) electrons. The summed E-state index contributed by atoms with van der Waals surface area (Å²) in [6, 6.07) is 5.42. The Kier molecular flexibility index (Phi) is 3.47. The first-order chi connectivity index (χ1) is 6.60. The molecule has 0 fully saturated rings. The molecule has 0 aliphatic heterocycles. The van der Waals surface area contributed by atoms with E-state index in [-0.39, 0.29) is 5.97 Å². The van der Waals surface area contributed by atoms with Crippen molar-refractivity contribution in [2.45, 2.75) is 6.92 Å². The SMILES string of the molecule is COC(=O)c1cc(C)c(C#N)cc1I. The van der Waals surface area contributed by atoms with Crippen molar-refractivity contribution in [1.29, 1.82) is 5.26 Å². The topological polar surface area (TPSA) is 50.1 Å². The van der Waals surface area contributed by atoms with E-state index in [0.29, 0.717) is 11.1 Å². The molecule has 0 aromatic heterocycles. The van der Waals surface area contributed by atoms with Crippen LogP contribution in [0.2, 0.25) is 0 Å². The van der Waals surface area contributed by atoms with Gasteiger partial charge >= 0.3 is 5.97 Å². The Morgan fingerprint density at radius 3 is 2.71 bits per heavy atom. The number of rotatable bonds is 1. The van der Waals surface area contributed by atoms with Crippen molar-refractivity contribution in [3.05, 3.63) is 32.4 Å². The van der Waals surface area contributed by atoms with Gasteiger partial charge in [-0.1, -0.05) is 0 Å². The second-order valence-electron chi connectivity index (χ2n) is 2.75. The Hall–Kier alpha value is -1.09. The molecular formula is C10H8INO2. The minimum atomic E-state index is -0.373. The third-order valence-corrected chi connectivity index (χ3v) is 2.73. The van der Waals surface area contributed by atoms with E-state index in [9.17, 15) is 4.79 Å². The van der Waals surface area contributed by atoms with Crippen LogP contribution in [0.4, 0.5) is 0 Å². The molecule has 0 spiro atoms. The molecular weight excluding hydrogens is 293 g/mol. The molecule has 0 saturated carbocycles. The maximum Gasteiger partial charge on any atom is 0.338 e. The van der Waals surface area contributed by atoms with Crippen LogP contribution in [0.3, 0.4) is 0 Å². The first-order valence-corrected chi connectivity index (χ1v) is 4.96. The number of methoxy groups -OCH3 is 1. The minimum absolute atomic E-state index is 0.373. The number of nitrogens with zero attached hydrogens (tertiary/aromatic N) is 1. The number of benzene rings is 1. The number of carbonyl (C=O) groups is 1. The van der Waals surface area contributed by atoms with E-state index in [4.69, 9.17) is 5.26 Å². The number of aryl methyl sites for hydroxylation is 1.